The van der Waals surface area contributed by atoms with Gasteiger partial charge in [0.1, 0.15) is 11.6 Å². The summed E-state index contributed by atoms with van der Waals surface area (Å²) < 4.78 is 26.8. The van der Waals surface area contributed by atoms with Crippen molar-refractivity contribution in [2.24, 2.45) is 5.73 Å². The summed E-state index contributed by atoms with van der Waals surface area (Å²) in [7, 11) is 0. The molecule has 2 aromatic rings. The molecule has 0 heterocycles. The van der Waals surface area contributed by atoms with Crippen LogP contribution in [-0.4, -0.2) is 11.9 Å². The molecule has 3 nitrogen and oxygen atoms in total. The van der Waals surface area contributed by atoms with E-state index >= 15 is 0 Å². The van der Waals surface area contributed by atoms with Gasteiger partial charge >= 0.3 is 0 Å². The summed E-state index contributed by atoms with van der Waals surface area (Å²) in [5.41, 5.74) is 6.99. The first kappa shape index (κ1) is 17.1. The van der Waals surface area contributed by atoms with Gasteiger partial charge in [0.25, 0.3) is 0 Å². The fourth-order valence-corrected chi connectivity index (χ4v) is 2.42. The van der Waals surface area contributed by atoms with Crippen LogP contribution in [0.25, 0.3) is 0 Å². The van der Waals surface area contributed by atoms with Gasteiger partial charge in [0.15, 0.2) is 0 Å². The summed E-state index contributed by atoms with van der Waals surface area (Å²) in [6.07, 6.45) is 0.543. The minimum absolute atomic E-state index is 0.176. The fraction of sp³-hybridized carbons (Fsp3) is 0.278. The standard InChI is InChI=1S/C18H20F2N2O/c1-12(21)8-18(23)22-17(14-5-3-7-16(20)11-14)10-13-4-2-6-15(19)9-13/h2-7,9,11-12,17H,8,10,21H2,1H3,(H,22,23). The molecule has 0 aliphatic rings. The van der Waals surface area contributed by atoms with Crippen molar-refractivity contribution < 1.29 is 13.6 Å². The van der Waals surface area contributed by atoms with Gasteiger partial charge in [-0.2, -0.15) is 0 Å². The van der Waals surface area contributed by atoms with Crippen molar-refractivity contribution in [1.82, 2.24) is 5.32 Å². The predicted octanol–water partition coefficient (Wildman–Crippen LogP) is 3.10. The molecule has 0 spiro atoms. The van der Waals surface area contributed by atoms with Crippen LogP contribution in [0.3, 0.4) is 0 Å². The normalized spacial score (nSPS) is 13.4. The first-order valence-electron chi connectivity index (χ1n) is 7.49. The molecule has 122 valence electrons. The fourth-order valence-electron chi connectivity index (χ4n) is 2.42. The highest BCUT2D eigenvalue weighted by molar-refractivity contribution is 5.77. The highest BCUT2D eigenvalue weighted by atomic mass is 19.1. The third-order valence-corrected chi connectivity index (χ3v) is 3.42. The number of nitrogens with two attached hydrogens (primary N) is 1. The quantitative estimate of drug-likeness (QED) is 0.860. The van der Waals surface area contributed by atoms with Crippen LogP contribution in [0.2, 0.25) is 0 Å². The van der Waals surface area contributed by atoms with Crippen molar-refractivity contribution in [3.8, 4) is 0 Å². The summed E-state index contributed by atoms with van der Waals surface area (Å²) in [4.78, 5) is 12.0. The minimum atomic E-state index is -0.446. The summed E-state index contributed by atoms with van der Waals surface area (Å²) in [5, 5.41) is 2.85. The van der Waals surface area contributed by atoms with E-state index in [-0.39, 0.29) is 30.0 Å². The summed E-state index contributed by atoms with van der Waals surface area (Å²) in [6, 6.07) is 11.5. The smallest absolute Gasteiger partial charge is 0.222 e. The molecule has 5 heteroatoms. The predicted molar refractivity (Wildman–Crippen MR) is 85.7 cm³/mol. The third-order valence-electron chi connectivity index (χ3n) is 3.42. The van der Waals surface area contributed by atoms with Crippen LogP contribution in [0, 0.1) is 11.6 Å². The van der Waals surface area contributed by atoms with Crippen molar-refractivity contribution in [2.45, 2.75) is 31.8 Å². The Morgan fingerprint density at radius 1 is 1.13 bits per heavy atom. The maximum Gasteiger partial charge on any atom is 0.222 e. The second-order valence-corrected chi connectivity index (χ2v) is 5.69. The van der Waals surface area contributed by atoms with E-state index < -0.39 is 6.04 Å². The molecule has 3 N–H and O–H groups in total. The Kier molecular flexibility index (Phi) is 5.82. The van der Waals surface area contributed by atoms with Crippen LogP contribution >= 0.6 is 0 Å². The highest BCUT2D eigenvalue weighted by Crippen LogP contribution is 2.20. The zero-order chi connectivity index (χ0) is 16.8. The Morgan fingerprint density at radius 3 is 2.39 bits per heavy atom. The monoisotopic (exact) mass is 318 g/mol. The number of carbonyl (C=O) groups is 1. The van der Waals surface area contributed by atoms with E-state index in [1.165, 1.54) is 24.3 Å². The van der Waals surface area contributed by atoms with Gasteiger partial charge in [-0.05, 0) is 48.7 Å². The van der Waals surface area contributed by atoms with Gasteiger partial charge in [-0.1, -0.05) is 24.3 Å². The Morgan fingerprint density at radius 2 is 1.78 bits per heavy atom. The summed E-state index contributed by atoms with van der Waals surface area (Å²) in [6.45, 7) is 1.74. The molecule has 2 aromatic carbocycles. The SMILES string of the molecule is CC(N)CC(=O)NC(Cc1cccc(F)c1)c1cccc(F)c1. The Labute approximate surface area is 134 Å². The van der Waals surface area contributed by atoms with E-state index in [0.29, 0.717) is 12.0 Å². The van der Waals surface area contributed by atoms with Crippen molar-refractivity contribution in [1.29, 1.82) is 0 Å². The molecule has 0 aromatic heterocycles. The van der Waals surface area contributed by atoms with Crippen LogP contribution in [0.15, 0.2) is 48.5 Å². The lowest BCUT2D eigenvalue weighted by Crippen LogP contribution is -2.34. The van der Waals surface area contributed by atoms with E-state index in [1.807, 2.05) is 0 Å². The van der Waals surface area contributed by atoms with E-state index in [2.05, 4.69) is 5.32 Å². The molecule has 0 fully saturated rings. The zero-order valence-corrected chi connectivity index (χ0v) is 12.9. The molecule has 0 aliphatic carbocycles. The van der Waals surface area contributed by atoms with Crippen LogP contribution in [0.5, 0.6) is 0 Å². The van der Waals surface area contributed by atoms with E-state index in [0.717, 1.165) is 5.56 Å². The summed E-state index contributed by atoms with van der Waals surface area (Å²) >= 11 is 0. The Hall–Kier alpha value is -2.27. The molecular weight excluding hydrogens is 298 g/mol. The third kappa shape index (κ3) is 5.45. The lowest BCUT2D eigenvalue weighted by molar-refractivity contribution is -0.122. The van der Waals surface area contributed by atoms with Crippen LogP contribution in [0.1, 0.15) is 30.5 Å². The number of rotatable bonds is 6. The van der Waals surface area contributed by atoms with E-state index in [9.17, 15) is 13.6 Å². The number of amides is 1. The van der Waals surface area contributed by atoms with Crippen LogP contribution in [-0.2, 0) is 11.2 Å². The van der Waals surface area contributed by atoms with Crippen molar-refractivity contribution >= 4 is 5.91 Å². The number of nitrogens with one attached hydrogen (secondary N) is 1. The molecular formula is C18H20F2N2O. The highest BCUT2D eigenvalue weighted by Gasteiger charge is 2.17. The zero-order valence-electron chi connectivity index (χ0n) is 12.9. The van der Waals surface area contributed by atoms with Gasteiger partial charge in [-0.15, -0.1) is 0 Å². The molecule has 0 bridgehead atoms. The number of benzene rings is 2. The van der Waals surface area contributed by atoms with Gasteiger partial charge in [-0.25, -0.2) is 8.78 Å². The molecule has 2 unspecified atom stereocenters. The minimum Gasteiger partial charge on any atom is -0.349 e. The first-order valence-corrected chi connectivity index (χ1v) is 7.49. The second kappa shape index (κ2) is 7.83. The number of hydrogen-bond donors (Lipinski definition) is 2. The average molecular weight is 318 g/mol. The molecule has 0 saturated carbocycles. The van der Waals surface area contributed by atoms with Gasteiger partial charge in [0, 0.05) is 12.5 Å². The molecule has 1 amide bonds. The maximum atomic E-state index is 13.5. The van der Waals surface area contributed by atoms with Crippen LogP contribution < -0.4 is 11.1 Å². The molecule has 2 atom stereocenters. The maximum absolute atomic E-state index is 13.5. The van der Waals surface area contributed by atoms with Crippen LogP contribution in [0.4, 0.5) is 8.78 Å². The number of halogens is 2. The second-order valence-electron chi connectivity index (χ2n) is 5.69. The molecule has 23 heavy (non-hydrogen) atoms. The first-order chi connectivity index (χ1) is 10.9. The van der Waals surface area contributed by atoms with Crippen molar-refractivity contribution in [3.63, 3.8) is 0 Å². The lowest BCUT2D eigenvalue weighted by Gasteiger charge is -2.20. The largest absolute Gasteiger partial charge is 0.349 e. The van der Waals surface area contributed by atoms with E-state index in [1.54, 1.807) is 31.2 Å². The summed E-state index contributed by atoms with van der Waals surface area (Å²) in [5.74, 6) is -0.943. The Bertz CT molecular complexity index is 674. The van der Waals surface area contributed by atoms with Gasteiger partial charge < -0.3 is 11.1 Å². The van der Waals surface area contributed by atoms with Crippen molar-refractivity contribution in [3.05, 3.63) is 71.3 Å². The molecule has 2 rings (SSSR count). The Balaban J connectivity index is 2.22. The van der Waals surface area contributed by atoms with Crippen molar-refractivity contribution in [2.75, 3.05) is 0 Å². The number of carbonyl (C=O) groups excluding carboxylic acids is 1. The van der Waals surface area contributed by atoms with Gasteiger partial charge in [0.05, 0.1) is 6.04 Å². The number of hydrogen-bond acceptors (Lipinski definition) is 2. The molecule has 0 aliphatic heterocycles. The van der Waals surface area contributed by atoms with E-state index in [4.69, 9.17) is 5.73 Å². The van der Waals surface area contributed by atoms with Gasteiger partial charge in [-0.3, -0.25) is 4.79 Å². The van der Waals surface area contributed by atoms with Gasteiger partial charge in [0.2, 0.25) is 5.91 Å². The topological polar surface area (TPSA) is 55.1 Å². The molecule has 0 saturated heterocycles. The average Bonchev–Trinajstić information content (AvgIpc) is 2.45. The lowest BCUT2D eigenvalue weighted by atomic mass is 9.98. The molecule has 0 radical (unpaired) electrons.